The number of rotatable bonds is 36. The van der Waals surface area contributed by atoms with Crippen LogP contribution in [0.15, 0.2) is 90.0 Å². The molecule has 5 aromatic rings. The van der Waals surface area contributed by atoms with E-state index in [2.05, 4.69) is 20.3 Å². The molecule has 2 fully saturated rings. The van der Waals surface area contributed by atoms with Crippen LogP contribution in [0.3, 0.4) is 0 Å². The van der Waals surface area contributed by atoms with Gasteiger partial charge in [-0.05, 0) is 68.7 Å². The molecule has 94 heavy (non-hydrogen) atoms. The SMILES string of the molecule is COc1ccc(C(OC(C(=O)C(C)C)[C@H]2O[C@@H](n3cnc4c(=O)[nH]c(N)nc43)[C@H](OC)[C@@H]2OP(=O)(OCCOCCOCCOCCO[C@@H]2O[C@H](COC(C)=O)[C@H](OC(C)=O)[C@H](OC(C)=O)[C@H]2NC(C)=O)N(C(C)C)C(C)C)(c2ccccc2)c2ccc(OC)cc2)cc1. The van der Waals surface area contributed by atoms with E-state index in [1.165, 1.54) is 31.9 Å². The fourth-order valence-electron chi connectivity index (χ4n) is 11.3. The van der Waals surface area contributed by atoms with Crippen LogP contribution in [-0.2, 0) is 95.3 Å². The van der Waals surface area contributed by atoms with E-state index >= 15 is 9.36 Å². The number of fused-ring (bicyclic) bond motifs is 1. The number of nitrogens with two attached hydrogens (primary N) is 1. The van der Waals surface area contributed by atoms with Crippen LogP contribution in [0.5, 0.6) is 11.5 Å². The molecule has 2 aliphatic rings. The first kappa shape index (κ1) is 74.1. The minimum atomic E-state index is -4.57. The molecular weight excluding hydrogens is 1250 g/mol. The maximum Gasteiger partial charge on any atom is 0.409 e. The fraction of sp³-hybridized carbons (Fsp3) is 0.562. The Morgan fingerprint density at radius 2 is 1.24 bits per heavy atom. The lowest BCUT2D eigenvalue weighted by molar-refractivity contribution is -0.279. The predicted octanol–water partition coefficient (Wildman–Crippen LogP) is 5.59. The van der Waals surface area contributed by atoms with Crippen LogP contribution >= 0.6 is 7.75 Å². The molecule has 0 aliphatic carbocycles. The van der Waals surface area contributed by atoms with E-state index in [0.717, 1.165) is 13.8 Å². The van der Waals surface area contributed by atoms with Gasteiger partial charge in [0.25, 0.3) is 5.56 Å². The Hall–Kier alpha value is -7.25. The Labute approximate surface area is 545 Å². The van der Waals surface area contributed by atoms with Gasteiger partial charge in [-0.15, -0.1) is 0 Å². The summed E-state index contributed by atoms with van der Waals surface area (Å²) in [5.74, 6) is -2.86. The van der Waals surface area contributed by atoms with Crippen molar-refractivity contribution in [3.8, 4) is 11.5 Å². The number of nitrogens with zero attached hydrogens (tertiary/aromatic N) is 4. The van der Waals surface area contributed by atoms with Gasteiger partial charge in [0.1, 0.15) is 60.3 Å². The topological polar surface area (TPSA) is 346 Å². The van der Waals surface area contributed by atoms with Crippen molar-refractivity contribution < 1.29 is 99.2 Å². The van der Waals surface area contributed by atoms with Crippen molar-refractivity contribution in [2.24, 2.45) is 5.92 Å². The van der Waals surface area contributed by atoms with Crippen LogP contribution in [0.25, 0.3) is 11.2 Å². The summed E-state index contributed by atoms with van der Waals surface area (Å²) in [6, 6.07) is 21.9. The van der Waals surface area contributed by atoms with Crippen LogP contribution in [0, 0.1) is 5.92 Å². The second-order valence-electron chi connectivity index (χ2n) is 22.9. The van der Waals surface area contributed by atoms with Gasteiger partial charge in [-0.1, -0.05) is 68.4 Å². The fourth-order valence-corrected chi connectivity index (χ4v) is 13.6. The van der Waals surface area contributed by atoms with Gasteiger partial charge in [0.05, 0.1) is 73.4 Å². The Balaban J connectivity index is 1.10. The molecule has 0 radical (unpaired) electrons. The van der Waals surface area contributed by atoms with Gasteiger partial charge >= 0.3 is 25.7 Å². The first-order valence-electron chi connectivity index (χ1n) is 30.8. The van der Waals surface area contributed by atoms with E-state index in [-0.39, 0.29) is 76.6 Å². The van der Waals surface area contributed by atoms with Gasteiger partial charge < -0.3 is 72.6 Å². The van der Waals surface area contributed by atoms with Gasteiger partial charge in [-0.3, -0.25) is 47.4 Å². The third-order valence-corrected chi connectivity index (χ3v) is 17.8. The molecule has 4 N–H and O–H groups in total. The number of ether oxygens (including phenoxy) is 13. The summed E-state index contributed by atoms with van der Waals surface area (Å²) < 4.78 is 110. The van der Waals surface area contributed by atoms with Crippen LogP contribution in [-0.4, -0.2) is 202 Å². The maximum absolute atomic E-state index is 16.2. The lowest BCUT2D eigenvalue weighted by Crippen LogP contribution is -2.66. The number of hydrogen-bond acceptors (Lipinski definition) is 25. The molecule has 0 spiro atoms. The van der Waals surface area contributed by atoms with Gasteiger partial charge in [0, 0.05) is 52.8 Å². The lowest BCUT2D eigenvalue weighted by Gasteiger charge is -2.44. The monoisotopic (exact) mass is 1340 g/mol. The number of Topliss-reactive ketones (excluding diaryl/α,β-unsaturated/α-hetero) is 1. The number of benzene rings is 3. The summed E-state index contributed by atoms with van der Waals surface area (Å²) in [7, 11) is -0.0449. The molecule has 2 saturated heterocycles. The number of amides is 1. The number of nitrogens with one attached hydrogen (secondary N) is 2. The van der Waals surface area contributed by atoms with E-state index in [9.17, 15) is 24.0 Å². The average molecular weight is 1340 g/mol. The van der Waals surface area contributed by atoms with E-state index in [1.54, 1.807) is 57.0 Å². The number of carbonyl (C=O) groups excluding carboxylic acids is 5. The standard InChI is InChI=1S/C64H88N7O22P/c1-37(2)52(76)55(92-64(44-17-15-14-16-18-44,45-19-23-47(79-11)24-20-45)46-21-25-48(80-12)26-22-46)56-57(58(81-13)61(91-56)70-36-66-51-59(70)68-63(65)69-60(51)77)93-94(78,71(38(3)4)39(5)6)87-34-32-84-30-28-82-27-29-83-31-33-85-62-50(67-40(7)72)54(89-43(10)75)53(88-42(9)74)49(90-62)35-86-41(8)73/h14-26,36-39,49-50,53-58,61-62H,27-35H2,1-13H3,(H,67,72)(H3,65,68,69,77)/t49-,50-,53+,54-,55?,56-,57-,58-,61-,62-,94?/m1/s1. The number of ketones is 1. The smallest absolute Gasteiger partial charge is 0.409 e. The quantitative estimate of drug-likeness (QED) is 0.0145. The van der Waals surface area contributed by atoms with Gasteiger partial charge in [-0.25, -0.2) is 14.2 Å². The summed E-state index contributed by atoms with van der Waals surface area (Å²) >= 11 is 0. The number of imidazole rings is 1. The molecule has 0 bridgehead atoms. The maximum atomic E-state index is 16.2. The number of nitrogen functional groups attached to an aromatic ring is 1. The summed E-state index contributed by atoms with van der Waals surface area (Å²) in [5.41, 5.74) is 5.66. The third kappa shape index (κ3) is 18.4. The Morgan fingerprint density at radius 3 is 1.76 bits per heavy atom. The minimum absolute atomic E-state index is 0.0208. The first-order valence-corrected chi connectivity index (χ1v) is 32.3. The van der Waals surface area contributed by atoms with E-state index in [4.69, 9.17) is 76.4 Å². The van der Waals surface area contributed by atoms with Crippen molar-refractivity contribution >= 4 is 54.5 Å². The highest BCUT2D eigenvalue weighted by Crippen LogP contribution is 2.58. The van der Waals surface area contributed by atoms with Crippen LogP contribution in [0.2, 0.25) is 0 Å². The number of carbonyl (C=O) groups is 5. The Kier molecular flexibility index (Phi) is 27.2. The van der Waals surface area contributed by atoms with E-state index in [1.807, 2.05) is 82.3 Å². The molecule has 4 heterocycles. The van der Waals surface area contributed by atoms with Crippen LogP contribution in [0.4, 0.5) is 5.95 Å². The second-order valence-corrected chi connectivity index (χ2v) is 24.8. The van der Waals surface area contributed by atoms with Crippen LogP contribution < -0.4 is 26.1 Å². The highest BCUT2D eigenvalue weighted by Gasteiger charge is 2.59. The first-order chi connectivity index (χ1) is 44.9. The molecule has 11 atom stereocenters. The van der Waals surface area contributed by atoms with Gasteiger partial charge in [-0.2, -0.15) is 4.98 Å². The van der Waals surface area contributed by atoms with E-state index < -0.39 is 128 Å². The minimum Gasteiger partial charge on any atom is -0.497 e. The number of esters is 3. The average Bonchev–Trinajstić information content (AvgIpc) is 1.36. The van der Waals surface area contributed by atoms with Crippen molar-refractivity contribution in [3.63, 3.8) is 0 Å². The number of anilines is 1. The molecule has 516 valence electrons. The molecule has 3 aromatic carbocycles. The molecule has 2 unspecified atom stereocenters. The number of aromatic amines is 1. The molecule has 2 aromatic heterocycles. The van der Waals surface area contributed by atoms with Crippen LogP contribution in [0.1, 0.15) is 92.2 Å². The second kappa shape index (κ2) is 34.4. The molecule has 29 nitrogen and oxygen atoms in total. The summed E-state index contributed by atoms with van der Waals surface area (Å²) in [5, 5.41) is 2.64. The highest BCUT2D eigenvalue weighted by molar-refractivity contribution is 7.51. The number of hydrogen-bond donors (Lipinski definition) is 3. The molecule has 30 heteroatoms. The summed E-state index contributed by atoms with van der Waals surface area (Å²) in [6.07, 6.45) is -10.7. The third-order valence-electron chi connectivity index (χ3n) is 15.3. The van der Waals surface area contributed by atoms with E-state index in [0.29, 0.717) is 28.2 Å². The van der Waals surface area contributed by atoms with Crippen molar-refractivity contribution in [1.82, 2.24) is 29.5 Å². The highest BCUT2D eigenvalue weighted by atomic mass is 31.2. The molecule has 1 amide bonds. The van der Waals surface area contributed by atoms with Crippen molar-refractivity contribution in [2.75, 3.05) is 86.5 Å². The molecule has 0 saturated carbocycles. The largest absolute Gasteiger partial charge is 0.497 e. The van der Waals surface area contributed by atoms with Gasteiger partial charge in [0.15, 0.2) is 41.7 Å². The normalized spacial score (nSPS) is 21.7. The zero-order chi connectivity index (χ0) is 68.4. The molecule has 7 rings (SSSR count). The zero-order valence-electron chi connectivity index (χ0n) is 55.2. The molecular formula is C64H88N7O22P. The van der Waals surface area contributed by atoms with Crippen molar-refractivity contribution in [3.05, 3.63) is 112 Å². The number of H-pyrrole nitrogens is 1. The predicted molar refractivity (Wildman–Crippen MR) is 337 cm³/mol. The lowest BCUT2D eigenvalue weighted by atomic mass is 9.79. The summed E-state index contributed by atoms with van der Waals surface area (Å²) in [4.78, 5) is 88.5. The molecule has 2 aliphatic heterocycles. The number of methoxy groups -OCH3 is 3. The van der Waals surface area contributed by atoms with Gasteiger partial charge in [0.2, 0.25) is 11.9 Å². The number of aromatic nitrogens is 4. The zero-order valence-corrected chi connectivity index (χ0v) is 56.1. The Bertz CT molecular complexity index is 3330. The summed E-state index contributed by atoms with van der Waals surface area (Å²) in [6.45, 7) is 15.2. The van der Waals surface area contributed by atoms with Crippen molar-refractivity contribution in [2.45, 2.75) is 148 Å². The van der Waals surface area contributed by atoms with Crippen molar-refractivity contribution in [1.29, 1.82) is 0 Å². The Morgan fingerprint density at radius 1 is 0.702 bits per heavy atom.